The quantitative estimate of drug-likeness (QED) is 0.486. The van der Waals surface area contributed by atoms with E-state index in [1.807, 2.05) is 59.2 Å². The van der Waals surface area contributed by atoms with Crippen LogP contribution in [0.5, 0.6) is 0 Å². The molecule has 1 aliphatic rings. The first-order chi connectivity index (χ1) is 14.6. The van der Waals surface area contributed by atoms with Crippen LogP contribution in [0.3, 0.4) is 0 Å². The zero-order chi connectivity index (χ0) is 20.3. The van der Waals surface area contributed by atoms with Gasteiger partial charge in [-0.1, -0.05) is 42.5 Å². The number of aromatic nitrogens is 4. The lowest BCUT2D eigenvalue weighted by molar-refractivity contribution is 0.592. The maximum absolute atomic E-state index is 13.4. The molecule has 5 aromatic rings. The number of anilines is 1. The van der Waals surface area contributed by atoms with Crippen molar-refractivity contribution in [2.24, 2.45) is 0 Å². The van der Waals surface area contributed by atoms with E-state index in [9.17, 15) is 8.42 Å². The Morgan fingerprint density at radius 1 is 0.833 bits per heavy atom. The number of nitrogens with one attached hydrogen (secondary N) is 1. The highest BCUT2D eigenvalue weighted by atomic mass is 32.2. The molecule has 1 aliphatic heterocycles. The van der Waals surface area contributed by atoms with E-state index < -0.39 is 10.0 Å². The molecule has 0 amide bonds. The lowest BCUT2D eigenvalue weighted by Gasteiger charge is -2.16. The van der Waals surface area contributed by atoms with Gasteiger partial charge in [-0.15, -0.1) is 0 Å². The number of hydrogen-bond donors (Lipinski definition) is 1. The number of hydrogen-bond acceptors (Lipinski definition) is 4. The van der Waals surface area contributed by atoms with Crippen molar-refractivity contribution in [2.45, 2.75) is 11.4 Å². The molecule has 0 atom stereocenters. The van der Waals surface area contributed by atoms with Crippen LogP contribution in [0.15, 0.2) is 77.7 Å². The Morgan fingerprint density at radius 2 is 1.63 bits per heavy atom. The van der Waals surface area contributed by atoms with Gasteiger partial charge in [0.25, 0.3) is 10.0 Å². The van der Waals surface area contributed by atoms with E-state index in [2.05, 4.69) is 15.0 Å². The lowest BCUT2D eigenvalue weighted by Crippen LogP contribution is -2.29. The second kappa shape index (κ2) is 6.17. The number of nitrogens with zero attached hydrogens (tertiary/aromatic N) is 4. The van der Waals surface area contributed by atoms with Crippen molar-refractivity contribution in [3.63, 3.8) is 0 Å². The average molecular weight is 415 g/mol. The molecule has 148 valence electrons. The summed E-state index contributed by atoms with van der Waals surface area (Å²) in [6.45, 7) is 0.950. The van der Waals surface area contributed by atoms with Gasteiger partial charge < -0.3 is 9.55 Å². The van der Waals surface area contributed by atoms with Gasteiger partial charge in [-0.3, -0.25) is 0 Å². The summed E-state index contributed by atoms with van der Waals surface area (Å²) >= 11 is 0. The van der Waals surface area contributed by atoms with Crippen LogP contribution in [0.25, 0.3) is 33.5 Å². The summed E-state index contributed by atoms with van der Waals surface area (Å²) in [7, 11) is -3.74. The molecule has 0 saturated heterocycles. The first-order valence-corrected chi connectivity index (χ1v) is 11.1. The minimum atomic E-state index is -3.74. The molecule has 0 radical (unpaired) electrons. The molecule has 6 rings (SSSR count). The van der Waals surface area contributed by atoms with Gasteiger partial charge in [-0.05, 0) is 30.3 Å². The van der Waals surface area contributed by atoms with Crippen LogP contribution in [0.1, 0.15) is 0 Å². The highest BCUT2D eigenvalue weighted by Gasteiger charge is 2.34. The highest BCUT2D eigenvalue weighted by Crippen LogP contribution is 2.32. The van der Waals surface area contributed by atoms with Gasteiger partial charge in [-0.25, -0.2) is 22.7 Å². The van der Waals surface area contributed by atoms with Gasteiger partial charge in [0.15, 0.2) is 0 Å². The fraction of sp³-hybridized carbons (Fsp3) is 0.0909. The number of sulfonamides is 1. The Morgan fingerprint density at radius 3 is 2.50 bits per heavy atom. The first kappa shape index (κ1) is 17.2. The molecule has 1 N–H and O–H groups in total. The molecule has 8 heteroatoms. The van der Waals surface area contributed by atoms with Crippen molar-refractivity contribution < 1.29 is 8.42 Å². The van der Waals surface area contributed by atoms with Crippen LogP contribution < -0.4 is 4.31 Å². The molecule has 0 saturated carbocycles. The van der Waals surface area contributed by atoms with Crippen molar-refractivity contribution >= 4 is 38.0 Å². The van der Waals surface area contributed by atoms with Crippen LogP contribution in [-0.4, -0.2) is 34.5 Å². The number of H-pyrrole nitrogens is 1. The Hall–Kier alpha value is -3.65. The summed E-state index contributed by atoms with van der Waals surface area (Å²) in [5.74, 6) is 1.17. The van der Waals surface area contributed by atoms with Crippen molar-refractivity contribution in [1.29, 1.82) is 0 Å². The van der Waals surface area contributed by atoms with Crippen molar-refractivity contribution in [3.05, 3.63) is 72.8 Å². The average Bonchev–Trinajstić information content (AvgIpc) is 3.47. The number of imidazole rings is 2. The van der Waals surface area contributed by atoms with Crippen LogP contribution in [0, 0.1) is 0 Å². The summed E-state index contributed by atoms with van der Waals surface area (Å²) in [5.41, 5.74) is 4.10. The van der Waals surface area contributed by atoms with E-state index in [0.717, 1.165) is 22.1 Å². The van der Waals surface area contributed by atoms with Crippen molar-refractivity contribution in [2.75, 3.05) is 10.8 Å². The number of benzene rings is 3. The third-order valence-corrected chi connectivity index (χ3v) is 7.25. The summed E-state index contributed by atoms with van der Waals surface area (Å²) in [6, 6.07) is 22.4. The zero-order valence-corrected chi connectivity index (χ0v) is 16.7. The van der Waals surface area contributed by atoms with Crippen LogP contribution in [0.4, 0.5) is 5.95 Å². The maximum Gasteiger partial charge on any atom is 0.266 e. The largest absolute Gasteiger partial charge is 0.338 e. The SMILES string of the molecule is O=S(=O)(c1ccc2nc(-c3ccccc3)[nH]c2c1)N1CCn2c1nc1ccccc12. The van der Waals surface area contributed by atoms with Crippen LogP contribution in [-0.2, 0) is 16.6 Å². The maximum atomic E-state index is 13.4. The Kier molecular flexibility index (Phi) is 3.54. The number of rotatable bonds is 3. The topological polar surface area (TPSA) is 83.9 Å². The van der Waals surface area contributed by atoms with Crippen molar-refractivity contribution in [1.82, 2.24) is 19.5 Å². The van der Waals surface area contributed by atoms with E-state index in [0.29, 0.717) is 30.4 Å². The lowest BCUT2D eigenvalue weighted by atomic mass is 10.2. The predicted octanol–water partition coefficient (Wildman–Crippen LogP) is 3.79. The number of para-hydroxylation sites is 2. The van der Waals surface area contributed by atoms with E-state index in [1.54, 1.807) is 18.2 Å². The van der Waals surface area contributed by atoms with E-state index in [4.69, 9.17) is 0 Å². The van der Waals surface area contributed by atoms with Gasteiger partial charge in [-0.2, -0.15) is 0 Å². The smallest absolute Gasteiger partial charge is 0.266 e. The monoisotopic (exact) mass is 415 g/mol. The van der Waals surface area contributed by atoms with Gasteiger partial charge in [0, 0.05) is 12.1 Å². The predicted molar refractivity (Wildman–Crippen MR) is 116 cm³/mol. The number of fused-ring (bicyclic) bond motifs is 4. The fourth-order valence-electron chi connectivity index (χ4n) is 4.00. The van der Waals surface area contributed by atoms with Crippen molar-refractivity contribution in [3.8, 4) is 11.4 Å². The van der Waals surface area contributed by atoms with Gasteiger partial charge in [0.2, 0.25) is 5.95 Å². The molecule has 30 heavy (non-hydrogen) atoms. The number of aromatic amines is 1. The summed E-state index contributed by atoms with van der Waals surface area (Å²) < 4.78 is 30.2. The third-order valence-electron chi connectivity index (χ3n) is 5.47. The van der Waals surface area contributed by atoms with Crippen LogP contribution in [0.2, 0.25) is 0 Å². The van der Waals surface area contributed by atoms with Crippen LogP contribution >= 0.6 is 0 Å². The standard InChI is InChI=1S/C22H17N5O2S/c28-30(29,27-13-12-26-20-9-5-4-8-18(20)25-22(26)27)16-10-11-17-19(14-16)24-21(23-17)15-6-2-1-3-7-15/h1-11,14H,12-13H2,(H,23,24). The van der Waals surface area contributed by atoms with E-state index in [1.165, 1.54) is 4.31 Å². The van der Waals surface area contributed by atoms with E-state index >= 15 is 0 Å². The molecule has 7 nitrogen and oxygen atoms in total. The fourth-order valence-corrected chi connectivity index (χ4v) is 5.44. The normalized spacial score (nSPS) is 13.9. The molecule has 0 bridgehead atoms. The minimum absolute atomic E-state index is 0.221. The molecule has 3 aromatic carbocycles. The van der Waals surface area contributed by atoms with E-state index in [-0.39, 0.29) is 4.90 Å². The third kappa shape index (κ3) is 2.47. The molecule has 2 aromatic heterocycles. The zero-order valence-electron chi connectivity index (χ0n) is 15.9. The second-order valence-electron chi connectivity index (χ2n) is 7.26. The summed E-state index contributed by atoms with van der Waals surface area (Å²) in [5, 5.41) is 0. The van der Waals surface area contributed by atoms with Gasteiger partial charge in [0.1, 0.15) is 5.82 Å². The highest BCUT2D eigenvalue weighted by molar-refractivity contribution is 7.92. The Balaban J connectivity index is 1.43. The van der Waals surface area contributed by atoms with Gasteiger partial charge in [0.05, 0.1) is 33.5 Å². The Bertz CT molecular complexity index is 1520. The Labute approximate surface area is 172 Å². The second-order valence-corrected chi connectivity index (χ2v) is 9.12. The molecule has 0 spiro atoms. The molecular weight excluding hydrogens is 398 g/mol. The summed E-state index contributed by atoms with van der Waals surface area (Å²) in [4.78, 5) is 12.6. The first-order valence-electron chi connectivity index (χ1n) is 9.64. The molecule has 0 fully saturated rings. The molecule has 3 heterocycles. The molecular formula is C22H17N5O2S. The summed E-state index contributed by atoms with van der Waals surface area (Å²) in [6.07, 6.45) is 0. The van der Waals surface area contributed by atoms with Gasteiger partial charge >= 0.3 is 0 Å². The molecule has 0 unspecified atom stereocenters. The molecule has 0 aliphatic carbocycles. The minimum Gasteiger partial charge on any atom is -0.338 e.